The van der Waals surface area contributed by atoms with Crippen LogP contribution >= 0.6 is 23.2 Å². The molecule has 1 amide bonds. The lowest BCUT2D eigenvalue weighted by Crippen LogP contribution is -2.27. The number of nitrogens with one attached hydrogen (secondary N) is 1. The first kappa shape index (κ1) is 15.3. The van der Waals surface area contributed by atoms with Crippen LogP contribution in [0.3, 0.4) is 0 Å². The van der Waals surface area contributed by atoms with Crippen LogP contribution in [0.15, 0.2) is 30.6 Å². The smallest absolute Gasteiger partial charge is 0.306 e. The van der Waals surface area contributed by atoms with Crippen LogP contribution in [-0.2, 0) is 6.54 Å². The summed E-state index contributed by atoms with van der Waals surface area (Å²) in [7, 11) is 0. The number of aromatic nitrogens is 2. The van der Waals surface area contributed by atoms with Crippen molar-refractivity contribution in [2.24, 2.45) is 0 Å². The summed E-state index contributed by atoms with van der Waals surface area (Å²) in [5, 5.41) is 17.7. The molecule has 7 nitrogen and oxygen atoms in total. The van der Waals surface area contributed by atoms with E-state index in [0.29, 0.717) is 17.1 Å². The Morgan fingerprint density at radius 2 is 2.19 bits per heavy atom. The molecule has 21 heavy (non-hydrogen) atoms. The number of amides is 1. The molecule has 9 heteroatoms. The van der Waals surface area contributed by atoms with Crippen LogP contribution in [0.2, 0.25) is 10.0 Å². The van der Waals surface area contributed by atoms with Gasteiger partial charge in [-0.25, -0.2) is 0 Å². The average Bonchev–Trinajstić information content (AvgIpc) is 2.87. The first-order valence-corrected chi connectivity index (χ1v) is 6.63. The van der Waals surface area contributed by atoms with Crippen molar-refractivity contribution in [3.63, 3.8) is 0 Å². The van der Waals surface area contributed by atoms with E-state index in [9.17, 15) is 14.9 Å². The van der Waals surface area contributed by atoms with E-state index in [-0.39, 0.29) is 23.2 Å². The van der Waals surface area contributed by atoms with Crippen molar-refractivity contribution in [3.8, 4) is 0 Å². The molecule has 0 atom stereocenters. The molecule has 0 bridgehead atoms. The Morgan fingerprint density at radius 3 is 2.81 bits per heavy atom. The molecule has 0 radical (unpaired) electrons. The van der Waals surface area contributed by atoms with Gasteiger partial charge in [0.2, 0.25) is 0 Å². The molecule has 110 valence electrons. The first-order valence-electron chi connectivity index (χ1n) is 5.87. The van der Waals surface area contributed by atoms with Crippen LogP contribution in [-0.4, -0.2) is 27.2 Å². The Balaban J connectivity index is 1.90. The van der Waals surface area contributed by atoms with E-state index in [2.05, 4.69) is 10.4 Å². The van der Waals surface area contributed by atoms with Crippen molar-refractivity contribution in [2.75, 3.05) is 6.54 Å². The first-order chi connectivity index (χ1) is 9.97. The highest BCUT2D eigenvalue weighted by Gasteiger charge is 2.11. The molecule has 0 saturated heterocycles. The third-order valence-electron chi connectivity index (χ3n) is 2.63. The number of benzene rings is 1. The topological polar surface area (TPSA) is 90.1 Å². The van der Waals surface area contributed by atoms with E-state index in [4.69, 9.17) is 23.2 Å². The van der Waals surface area contributed by atoms with Crippen molar-refractivity contribution >= 4 is 34.8 Å². The third kappa shape index (κ3) is 3.93. The number of carbonyl (C=O) groups excluding carboxylic acids is 1. The van der Waals surface area contributed by atoms with Crippen LogP contribution in [0.1, 0.15) is 10.4 Å². The fraction of sp³-hybridized carbons (Fsp3) is 0.167. The standard InChI is InChI=1S/C12H10Cl2N4O3/c13-8-1-2-10(11(14)5-8)12(19)15-3-4-17-7-9(6-16-17)18(20)21/h1-2,5-7H,3-4H2,(H,15,19). The monoisotopic (exact) mass is 328 g/mol. The molecule has 0 aliphatic rings. The van der Waals surface area contributed by atoms with E-state index in [0.717, 1.165) is 6.20 Å². The lowest BCUT2D eigenvalue weighted by Gasteiger charge is -2.07. The van der Waals surface area contributed by atoms with Crippen LogP contribution < -0.4 is 5.32 Å². The Hall–Kier alpha value is -2.12. The second-order valence-corrected chi connectivity index (χ2v) is 4.94. The number of hydrogen-bond donors (Lipinski definition) is 1. The summed E-state index contributed by atoms with van der Waals surface area (Å²) in [5.74, 6) is -0.349. The number of carbonyl (C=O) groups is 1. The summed E-state index contributed by atoms with van der Waals surface area (Å²) in [6.07, 6.45) is 2.44. The van der Waals surface area contributed by atoms with Gasteiger partial charge >= 0.3 is 5.69 Å². The van der Waals surface area contributed by atoms with Gasteiger partial charge in [-0.2, -0.15) is 5.10 Å². The summed E-state index contributed by atoms with van der Waals surface area (Å²) in [4.78, 5) is 21.9. The van der Waals surface area contributed by atoms with Gasteiger partial charge in [-0.1, -0.05) is 23.2 Å². The number of halogens is 2. The van der Waals surface area contributed by atoms with Gasteiger partial charge in [0.25, 0.3) is 5.91 Å². The third-order valence-corrected chi connectivity index (χ3v) is 3.18. The van der Waals surface area contributed by atoms with Crippen LogP contribution in [0.5, 0.6) is 0 Å². The lowest BCUT2D eigenvalue weighted by atomic mass is 10.2. The van der Waals surface area contributed by atoms with Crippen LogP contribution in [0.4, 0.5) is 5.69 Å². The summed E-state index contributed by atoms with van der Waals surface area (Å²) in [5.41, 5.74) is 0.217. The Bertz CT molecular complexity index is 687. The van der Waals surface area contributed by atoms with E-state index in [1.54, 1.807) is 6.07 Å². The predicted octanol–water partition coefficient (Wildman–Crippen LogP) is 2.53. The van der Waals surface area contributed by atoms with E-state index in [1.807, 2.05) is 0 Å². The molecule has 0 fully saturated rings. The van der Waals surface area contributed by atoms with Crippen LogP contribution in [0.25, 0.3) is 0 Å². The van der Waals surface area contributed by atoms with E-state index >= 15 is 0 Å². The highest BCUT2D eigenvalue weighted by atomic mass is 35.5. The fourth-order valence-electron chi connectivity index (χ4n) is 1.62. The normalized spacial score (nSPS) is 10.4. The maximum Gasteiger partial charge on any atom is 0.306 e. The van der Waals surface area contributed by atoms with Crippen molar-refractivity contribution in [1.82, 2.24) is 15.1 Å². The molecular formula is C12H10Cl2N4O3. The second kappa shape index (κ2) is 6.55. The Morgan fingerprint density at radius 1 is 1.43 bits per heavy atom. The molecule has 2 rings (SSSR count). The Labute approximate surface area is 129 Å². The van der Waals surface area contributed by atoms with Gasteiger partial charge in [-0.15, -0.1) is 0 Å². The molecule has 2 aromatic rings. The van der Waals surface area contributed by atoms with E-state index < -0.39 is 4.92 Å². The van der Waals surface area contributed by atoms with Crippen molar-refractivity contribution in [2.45, 2.75) is 6.54 Å². The van der Waals surface area contributed by atoms with Gasteiger partial charge < -0.3 is 5.32 Å². The van der Waals surface area contributed by atoms with Gasteiger partial charge in [-0.05, 0) is 18.2 Å². The number of hydrogen-bond acceptors (Lipinski definition) is 4. The summed E-state index contributed by atoms with van der Waals surface area (Å²) in [6, 6.07) is 4.58. The zero-order valence-corrected chi connectivity index (χ0v) is 12.1. The molecule has 0 aliphatic carbocycles. The minimum Gasteiger partial charge on any atom is -0.350 e. The highest BCUT2D eigenvalue weighted by molar-refractivity contribution is 6.36. The van der Waals surface area contributed by atoms with Crippen molar-refractivity contribution < 1.29 is 9.72 Å². The van der Waals surface area contributed by atoms with Gasteiger partial charge in [0, 0.05) is 11.6 Å². The van der Waals surface area contributed by atoms with Crippen LogP contribution in [0, 0.1) is 10.1 Å². The minimum atomic E-state index is -0.532. The van der Waals surface area contributed by atoms with E-state index in [1.165, 1.54) is 23.0 Å². The zero-order valence-electron chi connectivity index (χ0n) is 10.6. The maximum absolute atomic E-state index is 11.9. The SMILES string of the molecule is O=C(NCCn1cc([N+](=O)[O-])cn1)c1ccc(Cl)cc1Cl. The fourth-order valence-corrected chi connectivity index (χ4v) is 2.12. The Kier molecular flexibility index (Phi) is 4.77. The second-order valence-electron chi connectivity index (χ2n) is 4.10. The number of rotatable bonds is 5. The summed E-state index contributed by atoms with van der Waals surface area (Å²) < 4.78 is 1.38. The maximum atomic E-state index is 11.9. The molecular weight excluding hydrogens is 319 g/mol. The molecule has 1 heterocycles. The molecule has 1 aromatic heterocycles. The molecule has 0 spiro atoms. The average molecular weight is 329 g/mol. The molecule has 0 unspecified atom stereocenters. The molecule has 1 aromatic carbocycles. The van der Waals surface area contributed by atoms with Gasteiger partial charge in [-0.3, -0.25) is 19.6 Å². The minimum absolute atomic E-state index is 0.0953. The summed E-state index contributed by atoms with van der Waals surface area (Å²) >= 11 is 11.7. The predicted molar refractivity (Wildman–Crippen MR) is 77.7 cm³/mol. The van der Waals surface area contributed by atoms with Gasteiger partial charge in [0.05, 0.1) is 22.1 Å². The van der Waals surface area contributed by atoms with Crippen molar-refractivity contribution in [1.29, 1.82) is 0 Å². The largest absolute Gasteiger partial charge is 0.350 e. The molecule has 0 saturated carbocycles. The molecule has 1 N–H and O–H groups in total. The molecule has 0 aliphatic heterocycles. The number of nitrogens with zero attached hydrogens (tertiary/aromatic N) is 3. The quantitative estimate of drug-likeness (QED) is 0.674. The van der Waals surface area contributed by atoms with Gasteiger partial charge in [0.1, 0.15) is 12.4 Å². The van der Waals surface area contributed by atoms with Gasteiger partial charge in [0.15, 0.2) is 0 Å². The lowest BCUT2D eigenvalue weighted by molar-refractivity contribution is -0.385. The highest BCUT2D eigenvalue weighted by Crippen LogP contribution is 2.20. The van der Waals surface area contributed by atoms with Crippen molar-refractivity contribution in [3.05, 3.63) is 56.3 Å². The zero-order chi connectivity index (χ0) is 15.4. The summed E-state index contributed by atoms with van der Waals surface area (Å²) in [6.45, 7) is 0.571. The number of nitro groups is 1.